The van der Waals surface area contributed by atoms with Crippen LogP contribution in [0.3, 0.4) is 0 Å². The van der Waals surface area contributed by atoms with Crippen LogP contribution in [0.1, 0.15) is 26.3 Å². The van der Waals surface area contributed by atoms with Gasteiger partial charge in [0.15, 0.2) is 0 Å². The van der Waals surface area contributed by atoms with Gasteiger partial charge in [0.2, 0.25) is 12.3 Å². The normalized spacial score (nSPS) is 19.9. The second-order valence-corrected chi connectivity index (χ2v) is 6.02. The molecule has 1 aliphatic heterocycles. The summed E-state index contributed by atoms with van der Waals surface area (Å²) in [6.07, 6.45) is 0.594. The summed E-state index contributed by atoms with van der Waals surface area (Å²) in [5.41, 5.74) is 0.917. The Bertz CT molecular complexity index is 465. The van der Waals surface area contributed by atoms with Gasteiger partial charge in [-0.3, -0.25) is 9.59 Å². The van der Waals surface area contributed by atoms with Gasteiger partial charge in [-0.15, -0.1) is 0 Å². The number of hydrogen-bond donors (Lipinski definition) is 0. The summed E-state index contributed by atoms with van der Waals surface area (Å²) < 4.78 is 0. The smallest absolute Gasteiger partial charge is 0.244 e. The zero-order valence-corrected chi connectivity index (χ0v) is 11.7. The molecule has 1 aliphatic rings. The quantitative estimate of drug-likeness (QED) is 0.778. The van der Waals surface area contributed by atoms with E-state index in [4.69, 9.17) is 0 Å². The Balaban J connectivity index is 2.26. The number of hydrogen-bond acceptors (Lipinski definition) is 2. The summed E-state index contributed by atoms with van der Waals surface area (Å²) in [6, 6.07) is 9.86. The Morgan fingerprint density at radius 1 is 1.26 bits per heavy atom. The number of rotatable bonds is 3. The summed E-state index contributed by atoms with van der Waals surface area (Å²) in [4.78, 5) is 26.7. The summed E-state index contributed by atoms with van der Waals surface area (Å²) in [7, 11) is 0. The molecule has 1 saturated heterocycles. The summed E-state index contributed by atoms with van der Waals surface area (Å²) in [5.74, 6) is 0.0101. The van der Waals surface area contributed by atoms with E-state index in [0.29, 0.717) is 6.54 Å². The van der Waals surface area contributed by atoms with Crippen molar-refractivity contribution in [2.45, 2.75) is 33.5 Å². The van der Waals surface area contributed by atoms with E-state index in [-0.39, 0.29) is 24.0 Å². The molecule has 4 nitrogen and oxygen atoms in total. The fraction of sp³-hybridized carbons (Fsp3) is 0.467. The van der Waals surface area contributed by atoms with E-state index < -0.39 is 0 Å². The molecular weight excluding hydrogens is 240 g/mol. The van der Waals surface area contributed by atoms with Gasteiger partial charge < -0.3 is 9.80 Å². The number of amides is 2. The Labute approximate surface area is 114 Å². The Hall–Kier alpha value is -1.84. The van der Waals surface area contributed by atoms with Crippen LogP contribution in [0, 0.1) is 5.41 Å². The molecular formula is C15H20N2O2. The van der Waals surface area contributed by atoms with Crippen LogP contribution < -0.4 is 0 Å². The molecule has 1 heterocycles. The van der Waals surface area contributed by atoms with Gasteiger partial charge in [-0.2, -0.15) is 0 Å². The monoisotopic (exact) mass is 260 g/mol. The standard InChI is InChI=1S/C15H20N2O2/c1-15(2,3)14-16(11-18)10-13(19)17(14)9-12-7-5-4-6-8-12/h4-8,11,14H,9-10H2,1-3H3. The minimum atomic E-state index is -0.183. The van der Waals surface area contributed by atoms with Crippen LogP contribution in [-0.2, 0) is 16.1 Å². The summed E-state index contributed by atoms with van der Waals surface area (Å²) >= 11 is 0. The van der Waals surface area contributed by atoms with Crippen LogP contribution in [0.4, 0.5) is 0 Å². The average molecular weight is 260 g/mol. The van der Waals surface area contributed by atoms with E-state index >= 15 is 0 Å². The molecule has 2 rings (SSSR count). The Kier molecular flexibility index (Phi) is 3.60. The first kappa shape index (κ1) is 13.6. The third kappa shape index (κ3) is 2.78. The molecule has 0 spiro atoms. The number of nitrogens with zero attached hydrogens (tertiary/aromatic N) is 2. The molecule has 0 radical (unpaired) electrons. The fourth-order valence-corrected chi connectivity index (χ4v) is 2.66. The summed E-state index contributed by atoms with van der Waals surface area (Å²) in [6.45, 7) is 6.87. The maximum atomic E-state index is 12.1. The third-order valence-electron chi connectivity index (χ3n) is 3.35. The minimum Gasteiger partial charge on any atom is -0.316 e. The maximum absolute atomic E-state index is 12.1. The lowest BCUT2D eigenvalue weighted by Gasteiger charge is -2.38. The van der Waals surface area contributed by atoms with Crippen molar-refractivity contribution in [3.63, 3.8) is 0 Å². The highest BCUT2D eigenvalue weighted by molar-refractivity contribution is 5.83. The average Bonchev–Trinajstić information content (AvgIpc) is 2.67. The predicted octanol–water partition coefficient (Wildman–Crippen LogP) is 1.86. The minimum absolute atomic E-state index is 0.0101. The SMILES string of the molecule is CC(C)(C)C1N(C=O)CC(=O)N1Cc1ccccc1. The van der Waals surface area contributed by atoms with Crippen LogP contribution in [0.5, 0.6) is 0 Å². The topological polar surface area (TPSA) is 40.6 Å². The zero-order chi connectivity index (χ0) is 14.0. The van der Waals surface area contributed by atoms with Crippen LogP contribution in [0.15, 0.2) is 30.3 Å². The van der Waals surface area contributed by atoms with E-state index in [0.717, 1.165) is 12.0 Å². The van der Waals surface area contributed by atoms with Gasteiger partial charge in [-0.05, 0) is 5.56 Å². The van der Waals surface area contributed by atoms with Crippen LogP contribution in [0.25, 0.3) is 0 Å². The van der Waals surface area contributed by atoms with E-state index in [2.05, 4.69) is 0 Å². The second kappa shape index (κ2) is 5.03. The molecule has 0 aromatic heterocycles. The van der Waals surface area contributed by atoms with Crippen molar-refractivity contribution in [2.24, 2.45) is 5.41 Å². The zero-order valence-electron chi connectivity index (χ0n) is 11.7. The molecule has 0 N–H and O–H groups in total. The molecule has 0 saturated carbocycles. The van der Waals surface area contributed by atoms with Crippen LogP contribution >= 0.6 is 0 Å². The predicted molar refractivity (Wildman–Crippen MR) is 73.0 cm³/mol. The highest BCUT2D eigenvalue weighted by Crippen LogP contribution is 2.31. The molecule has 19 heavy (non-hydrogen) atoms. The van der Waals surface area contributed by atoms with Crippen molar-refractivity contribution in [1.29, 1.82) is 0 Å². The first-order valence-corrected chi connectivity index (χ1v) is 6.48. The van der Waals surface area contributed by atoms with Crippen molar-refractivity contribution in [3.05, 3.63) is 35.9 Å². The first-order chi connectivity index (χ1) is 8.93. The van der Waals surface area contributed by atoms with Gasteiger partial charge in [0.1, 0.15) is 12.7 Å². The van der Waals surface area contributed by atoms with Crippen LogP contribution in [-0.4, -0.2) is 34.8 Å². The largest absolute Gasteiger partial charge is 0.316 e. The number of carbonyl (C=O) groups is 2. The van der Waals surface area contributed by atoms with Gasteiger partial charge >= 0.3 is 0 Å². The van der Waals surface area contributed by atoms with E-state index in [1.54, 1.807) is 9.80 Å². The molecule has 1 aromatic rings. The molecule has 1 aromatic carbocycles. The lowest BCUT2D eigenvalue weighted by Crippen LogP contribution is -2.47. The third-order valence-corrected chi connectivity index (χ3v) is 3.35. The second-order valence-electron chi connectivity index (χ2n) is 6.02. The van der Waals surface area contributed by atoms with Crippen molar-refractivity contribution in [2.75, 3.05) is 6.54 Å². The lowest BCUT2D eigenvalue weighted by atomic mass is 9.91. The van der Waals surface area contributed by atoms with Gasteiger partial charge in [-0.1, -0.05) is 51.1 Å². The molecule has 4 heteroatoms. The molecule has 102 valence electrons. The highest BCUT2D eigenvalue weighted by atomic mass is 16.2. The molecule has 0 aliphatic carbocycles. The summed E-state index contributed by atoms with van der Waals surface area (Å²) in [5, 5.41) is 0. The van der Waals surface area contributed by atoms with Crippen molar-refractivity contribution in [1.82, 2.24) is 9.80 Å². The molecule has 1 unspecified atom stereocenters. The number of carbonyl (C=O) groups excluding carboxylic acids is 2. The van der Waals surface area contributed by atoms with Crippen LogP contribution in [0.2, 0.25) is 0 Å². The van der Waals surface area contributed by atoms with E-state index in [1.165, 1.54) is 0 Å². The van der Waals surface area contributed by atoms with Gasteiger partial charge in [-0.25, -0.2) is 0 Å². The Morgan fingerprint density at radius 2 is 1.89 bits per heavy atom. The fourth-order valence-electron chi connectivity index (χ4n) is 2.66. The molecule has 1 atom stereocenters. The van der Waals surface area contributed by atoms with Gasteiger partial charge in [0.05, 0.1) is 0 Å². The van der Waals surface area contributed by atoms with Crippen molar-refractivity contribution in [3.8, 4) is 0 Å². The lowest BCUT2D eigenvalue weighted by molar-refractivity contribution is -0.130. The number of benzene rings is 1. The molecule has 1 fully saturated rings. The molecule has 2 amide bonds. The van der Waals surface area contributed by atoms with Crippen molar-refractivity contribution < 1.29 is 9.59 Å². The van der Waals surface area contributed by atoms with Crippen molar-refractivity contribution >= 4 is 12.3 Å². The van der Waals surface area contributed by atoms with Gasteiger partial charge in [0.25, 0.3) is 0 Å². The highest BCUT2D eigenvalue weighted by Gasteiger charge is 2.43. The van der Waals surface area contributed by atoms with Gasteiger partial charge in [0, 0.05) is 12.0 Å². The first-order valence-electron chi connectivity index (χ1n) is 6.48. The molecule has 0 bridgehead atoms. The van der Waals surface area contributed by atoms with E-state index in [1.807, 2.05) is 51.1 Å². The maximum Gasteiger partial charge on any atom is 0.244 e. The van der Waals surface area contributed by atoms with E-state index in [9.17, 15) is 9.59 Å². The Morgan fingerprint density at radius 3 is 2.42 bits per heavy atom.